The Hall–Kier alpha value is -4.25. The maximum Gasteiger partial charge on any atom is 0.308 e. The fraction of sp³-hybridized carbons (Fsp3) is 0.595. The number of nitrogens with zero attached hydrogens (tertiary/aromatic N) is 1. The highest BCUT2D eigenvalue weighted by Gasteiger charge is 2.39. The first-order valence-corrected chi connectivity index (χ1v) is 19.2. The molecule has 294 valence electrons. The maximum absolute atomic E-state index is 13.9. The Balaban J connectivity index is 2.37. The van der Waals surface area contributed by atoms with E-state index in [1.54, 1.807) is 35.2 Å². The molecule has 1 aromatic rings. The lowest BCUT2D eigenvalue weighted by molar-refractivity contribution is -0.153. The summed E-state index contributed by atoms with van der Waals surface area (Å²) in [6.45, 7) is 15.0. The van der Waals surface area contributed by atoms with Gasteiger partial charge in [0.05, 0.1) is 38.2 Å². The Bertz CT molecular complexity index is 1410. The van der Waals surface area contributed by atoms with E-state index in [9.17, 15) is 29.1 Å². The van der Waals surface area contributed by atoms with Crippen LogP contribution in [0.25, 0.3) is 0 Å². The summed E-state index contributed by atoms with van der Waals surface area (Å²) in [5.74, 6) is -3.53. The summed E-state index contributed by atoms with van der Waals surface area (Å²) in [5.41, 5.74) is 1.72. The average molecular weight is 738 g/mol. The van der Waals surface area contributed by atoms with Gasteiger partial charge in [0.15, 0.2) is 0 Å². The number of esters is 2. The molecule has 3 N–H and O–H groups in total. The van der Waals surface area contributed by atoms with Crippen molar-refractivity contribution in [2.24, 2.45) is 23.7 Å². The minimum Gasteiger partial charge on any atom is -0.469 e. The number of amides is 3. The second kappa shape index (κ2) is 23.4. The Morgan fingerprint density at radius 1 is 0.962 bits per heavy atom. The number of carbonyl (C=O) groups excluding carboxylic acids is 5. The molecular weight excluding hydrogens is 674 g/mol. The number of benzene rings is 1. The normalized spacial score (nSPS) is 19.7. The van der Waals surface area contributed by atoms with E-state index in [-0.39, 0.29) is 30.6 Å². The van der Waals surface area contributed by atoms with E-state index < -0.39 is 53.8 Å². The molecule has 53 heavy (non-hydrogen) atoms. The van der Waals surface area contributed by atoms with Crippen LogP contribution >= 0.6 is 0 Å². The fourth-order valence-electron chi connectivity index (χ4n) is 7.09. The van der Waals surface area contributed by atoms with Crippen LogP contribution in [0, 0.1) is 23.7 Å². The van der Waals surface area contributed by atoms with Gasteiger partial charge >= 0.3 is 11.9 Å². The molecule has 2 rings (SSSR count). The zero-order chi connectivity index (χ0) is 39.5. The number of nitrogens with one attached hydrogen (secondary N) is 2. The van der Waals surface area contributed by atoms with Crippen molar-refractivity contribution < 1.29 is 38.6 Å². The largest absolute Gasteiger partial charge is 0.469 e. The molecule has 1 fully saturated rings. The molecule has 0 aromatic heterocycles. The Morgan fingerprint density at radius 3 is 2.09 bits per heavy atom. The van der Waals surface area contributed by atoms with Gasteiger partial charge in [-0.25, -0.2) is 0 Å². The van der Waals surface area contributed by atoms with Crippen LogP contribution in [0.4, 0.5) is 0 Å². The number of hydrogen-bond donors (Lipinski definition) is 3. The molecule has 0 radical (unpaired) electrons. The van der Waals surface area contributed by atoms with Crippen LogP contribution in [0.2, 0.25) is 0 Å². The van der Waals surface area contributed by atoms with Gasteiger partial charge in [0.2, 0.25) is 5.91 Å². The molecule has 0 heterocycles. The SMILES string of the molecule is C=CC=CC(C)/C(=C\CC)CC(NC(=O)c1cccc(C(=O)N(CCC)CCC)c1)C(O)CC(CC)C(=O)NC1CC(C(=O)OC)CC(C(=O)OC)C1. The van der Waals surface area contributed by atoms with Gasteiger partial charge in [-0.1, -0.05) is 77.1 Å². The highest BCUT2D eigenvalue weighted by molar-refractivity contribution is 5.99. The third kappa shape index (κ3) is 13.9. The van der Waals surface area contributed by atoms with Crippen LogP contribution in [0.5, 0.6) is 0 Å². The molecule has 1 aromatic carbocycles. The summed E-state index contributed by atoms with van der Waals surface area (Å²) in [5, 5.41) is 17.9. The predicted octanol–water partition coefficient (Wildman–Crippen LogP) is 6.18. The van der Waals surface area contributed by atoms with Gasteiger partial charge in [0, 0.05) is 36.2 Å². The van der Waals surface area contributed by atoms with Gasteiger partial charge in [-0.15, -0.1) is 0 Å². The van der Waals surface area contributed by atoms with Gasteiger partial charge in [0.1, 0.15) is 0 Å². The molecule has 11 heteroatoms. The lowest BCUT2D eigenvalue weighted by Gasteiger charge is -2.34. The molecule has 0 bridgehead atoms. The first kappa shape index (κ1) is 44.9. The van der Waals surface area contributed by atoms with Crippen LogP contribution in [-0.4, -0.2) is 85.2 Å². The van der Waals surface area contributed by atoms with Crippen molar-refractivity contribution in [3.05, 3.63) is 71.8 Å². The highest BCUT2D eigenvalue weighted by Crippen LogP contribution is 2.32. The quantitative estimate of drug-likeness (QED) is 0.0770. The fourth-order valence-corrected chi connectivity index (χ4v) is 7.09. The molecule has 0 spiro atoms. The maximum atomic E-state index is 13.9. The number of allylic oxidation sites excluding steroid dienone is 4. The lowest BCUT2D eigenvalue weighted by Crippen LogP contribution is -2.48. The standard InChI is InChI=1S/C42H63N3O8/c1-9-14-17-28(6)30(16-10-2)26-36(44-39(48)31-18-15-19-32(22-31)40(49)45(20-11-3)21-12-4)37(46)27-29(13-5)38(47)43-35-24-33(41(50)52-7)23-34(25-35)42(51)53-8/h9,14-19,22,28-29,33-37,46H,1,10-13,20-21,23-27H2,2-8H3,(H,43,47)(H,44,48)/b17-14?,30-16-. The topological polar surface area (TPSA) is 151 Å². The molecule has 6 atom stereocenters. The summed E-state index contributed by atoms with van der Waals surface area (Å²) < 4.78 is 9.90. The number of rotatable bonds is 21. The number of methoxy groups -OCH3 is 2. The van der Waals surface area contributed by atoms with E-state index in [1.165, 1.54) is 14.2 Å². The van der Waals surface area contributed by atoms with Gasteiger partial charge in [0.25, 0.3) is 11.8 Å². The second-order valence-corrected chi connectivity index (χ2v) is 14.0. The monoisotopic (exact) mass is 737 g/mol. The van der Waals surface area contributed by atoms with Crippen LogP contribution in [0.1, 0.15) is 113 Å². The molecule has 0 aliphatic heterocycles. The van der Waals surface area contributed by atoms with Crippen molar-refractivity contribution in [2.45, 2.75) is 111 Å². The summed E-state index contributed by atoms with van der Waals surface area (Å²) >= 11 is 0. The molecule has 11 nitrogen and oxygen atoms in total. The van der Waals surface area contributed by atoms with Crippen LogP contribution < -0.4 is 10.6 Å². The first-order valence-electron chi connectivity index (χ1n) is 19.2. The van der Waals surface area contributed by atoms with Gasteiger partial charge in [-0.3, -0.25) is 24.0 Å². The van der Waals surface area contributed by atoms with E-state index in [1.807, 2.05) is 46.8 Å². The lowest BCUT2D eigenvalue weighted by atomic mass is 9.78. The van der Waals surface area contributed by atoms with E-state index in [0.717, 1.165) is 24.8 Å². The van der Waals surface area contributed by atoms with Crippen LogP contribution in [-0.2, 0) is 23.9 Å². The third-order valence-electron chi connectivity index (χ3n) is 9.98. The third-order valence-corrected chi connectivity index (χ3v) is 9.98. The minimum absolute atomic E-state index is 0.00861. The van der Waals surface area contributed by atoms with E-state index in [2.05, 4.69) is 23.3 Å². The smallest absolute Gasteiger partial charge is 0.308 e. The van der Waals surface area contributed by atoms with E-state index >= 15 is 0 Å². The number of carbonyl (C=O) groups is 5. The zero-order valence-corrected chi connectivity index (χ0v) is 32.9. The first-order chi connectivity index (χ1) is 25.4. The molecule has 0 saturated heterocycles. The Kier molecular flexibility index (Phi) is 19.8. The second-order valence-electron chi connectivity index (χ2n) is 14.0. The van der Waals surface area contributed by atoms with Gasteiger partial charge < -0.3 is 30.1 Å². The molecule has 1 aliphatic carbocycles. The molecule has 1 aliphatic rings. The van der Waals surface area contributed by atoms with Crippen molar-refractivity contribution in [1.82, 2.24) is 15.5 Å². The van der Waals surface area contributed by atoms with Crippen molar-refractivity contribution in [1.29, 1.82) is 0 Å². The average Bonchev–Trinajstić information content (AvgIpc) is 3.16. The summed E-state index contributed by atoms with van der Waals surface area (Å²) in [4.78, 5) is 67.6. The zero-order valence-electron chi connectivity index (χ0n) is 32.9. The van der Waals surface area contributed by atoms with E-state index in [0.29, 0.717) is 49.9 Å². The van der Waals surface area contributed by atoms with Crippen molar-refractivity contribution in [2.75, 3.05) is 27.3 Å². The van der Waals surface area contributed by atoms with E-state index in [4.69, 9.17) is 9.47 Å². The van der Waals surface area contributed by atoms with Gasteiger partial charge in [-0.05, 0) is 81.9 Å². The molecule has 6 unspecified atom stereocenters. The van der Waals surface area contributed by atoms with Crippen molar-refractivity contribution in [3.8, 4) is 0 Å². The highest BCUT2D eigenvalue weighted by atomic mass is 16.5. The number of aliphatic hydroxyl groups excluding tert-OH is 1. The van der Waals surface area contributed by atoms with Gasteiger partial charge in [-0.2, -0.15) is 0 Å². The minimum atomic E-state index is -1.11. The number of ether oxygens (including phenoxy) is 2. The van der Waals surface area contributed by atoms with Crippen molar-refractivity contribution in [3.63, 3.8) is 0 Å². The molecule has 1 saturated carbocycles. The Labute approximate surface area is 316 Å². The summed E-state index contributed by atoms with van der Waals surface area (Å²) in [6.07, 6.45) is 10.6. The molecular formula is C42H63N3O8. The Morgan fingerprint density at radius 2 is 1.57 bits per heavy atom. The van der Waals surface area contributed by atoms with Crippen LogP contribution in [0.3, 0.4) is 0 Å². The predicted molar refractivity (Wildman–Crippen MR) is 207 cm³/mol. The van der Waals surface area contributed by atoms with Crippen LogP contribution in [0.15, 0.2) is 60.7 Å². The summed E-state index contributed by atoms with van der Waals surface area (Å²) in [6, 6.07) is 5.40. The molecule has 3 amide bonds. The number of hydrogen-bond acceptors (Lipinski definition) is 8. The number of aliphatic hydroxyl groups is 1. The summed E-state index contributed by atoms with van der Waals surface area (Å²) in [7, 11) is 2.59. The van der Waals surface area contributed by atoms with Crippen molar-refractivity contribution >= 4 is 29.7 Å².